The Morgan fingerprint density at radius 2 is 1.88 bits per heavy atom. The quantitative estimate of drug-likeness (QED) is 0.319. The number of hydrogen-bond acceptors (Lipinski definition) is 9. The van der Waals surface area contributed by atoms with Crippen molar-refractivity contribution in [3.05, 3.63) is 42.0 Å². The first-order valence-electron chi connectivity index (χ1n) is 11.2. The summed E-state index contributed by atoms with van der Waals surface area (Å²) in [4.78, 5) is 24.8. The molecule has 2 aromatic rings. The Morgan fingerprint density at radius 1 is 1.18 bits per heavy atom. The van der Waals surface area contributed by atoms with E-state index >= 15 is 0 Å². The molecule has 0 bridgehead atoms. The van der Waals surface area contributed by atoms with Crippen LogP contribution >= 0.6 is 0 Å². The number of carbonyl (C=O) groups is 1. The van der Waals surface area contributed by atoms with Gasteiger partial charge in [-0.1, -0.05) is 12.1 Å². The van der Waals surface area contributed by atoms with Gasteiger partial charge in [-0.3, -0.25) is 10.2 Å². The highest BCUT2D eigenvalue weighted by Crippen LogP contribution is 2.27. The van der Waals surface area contributed by atoms with Crippen molar-refractivity contribution in [3.63, 3.8) is 0 Å². The highest BCUT2D eigenvalue weighted by atomic mass is 19.1. The first-order valence-corrected chi connectivity index (χ1v) is 11.2. The third-order valence-corrected chi connectivity index (χ3v) is 5.96. The number of esters is 1. The second-order valence-corrected chi connectivity index (χ2v) is 8.40. The molecule has 4 rings (SSSR count). The van der Waals surface area contributed by atoms with Gasteiger partial charge in [-0.05, 0) is 6.07 Å². The molecule has 1 aromatic carbocycles. The van der Waals surface area contributed by atoms with Crippen molar-refractivity contribution in [1.82, 2.24) is 9.97 Å². The largest absolute Gasteiger partial charge is 0.487 e. The summed E-state index contributed by atoms with van der Waals surface area (Å²) in [6.07, 6.45) is 4.90. The molecule has 0 unspecified atom stereocenters. The molecule has 1 aromatic heterocycles. The number of piperidine rings is 1. The molecule has 0 atom stereocenters. The molecule has 2 aliphatic rings. The van der Waals surface area contributed by atoms with E-state index in [1.165, 1.54) is 6.07 Å². The maximum absolute atomic E-state index is 14.8. The molecule has 3 heterocycles. The maximum atomic E-state index is 14.8. The van der Waals surface area contributed by atoms with Crippen LogP contribution in [0.2, 0.25) is 0 Å². The molecular formula is C23H29FN6O4. The van der Waals surface area contributed by atoms with Crippen LogP contribution in [0.15, 0.2) is 30.6 Å². The van der Waals surface area contributed by atoms with E-state index < -0.39 is 11.8 Å². The Hall–Kier alpha value is -3.47. The summed E-state index contributed by atoms with van der Waals surface area (Å²) in [7, 11) is 1.71. The van der Waals surface area contributed by atoms with Crippen molar-refractivity contribution in [3.8, 4) is 5.75 Å². The average molecular weight is 473 g/mol. The maximum Gasteiger partial charge on any atom is 0.313 e. The molecule has 0 amide bonds. The van der Waals surface area contributed by atoms with E-state index in [-0.39, 0.29) is 42.4 Å². The minimum absolute atomic E-state index is 0.131. The fourth-order valence-corrected chi connectivity index (χ4v) is 3.93. The van der Waals surface area contributed by atoms with Crippen molar-refractivity contribution in [2.45, 2.75) is 38.1 Å². The van der Waals surface area contributed by atoms with E-state index in [2.05, 4.69) is 19.8 Å². The molecule has 0 radical (unpaired) electrons. The lowest BCUT2D eigenvalue weighted by molar-refractivity contribution is -0.143. The predicted octanol–water partition coefficient (Wildman–Crippen LogP) is 1.87. The van der Waals surface area contributed by atoms with Crippen LogP contribution in [0.3, 0.4) is 0 Å². The summed E-state index contributed by atoms with van der Waals surface area (Å²) in [6, 6.07) is 4.76. The first kappa shape index (κ1) is 23.7. The summed E-state index contributed by atoms with van der Waals surface area (Å²) < 4.78 is 31.0. The van der Waals surface area contributed by atoms with E-state index in [1.54, 1.807) is 19.2 Å². The van der Waals surface area contributed by atoms with Gasteiger partial charge < -0.3 is 29.7 Å². The summed E-state index contributed by atoms with van der Waals surface area (Å²) in [5.41, 5.74) is 6.34. The summed E-state index contributed by atoms with van der Waals surface area (Å²) in [5, 5.41) is 7.11. The van der Waals surface area contributed by atoms with Gasteiger partial charge in [0.05, 0.1) is 24.2 Å². The number of aromatic nitrogens is 2. The van der Waals surface area contributed by atoms with Gasteiger partial charge in [-0.25, -0.2) is 14.4 Å². The van der Waals surface area contributed by atoms with Gasteiger partial charge in [0.1, 0.15) is 25.0 Å². The number of carbonyl (C=O) groups excluding carboxylic acids is 1. The number of nitrogens with one attached hydrogen (secondary N) is 1. The van der Waals surface area contributed by atoms with Crippen molar-refractivity contribution < 1.29 is 23.4 Å². The molecule has 182 valence electrons. The first-order chi connectivity index (χ1) is 16.4. The Kier molecular flexibility index (Phi) is 7.41. The molecular weight excluding hydrogens is 443 g/mol. The van der Waals surface area contributed by atoms with E-state index in [0.717, 1.165) is 44.7 Å². The number of nitrogens with two attached hydrogens (primary N) is 1. The van der Waals surface area contributed by atoms with Crippen molar-refractivity contribution in [2.75, 3.05) is 43.1 Å². The highest BCUT2D eigenvalue weighted by Gasteiger charge is 2.29. The third-order valence-electron chi connectivity index (χ3n) is 5.96. The highest BCUT2D eigenvalue weighted by molar-refractivity contribution is 5.94. The summed E-state index contributed by atoms with van der Waals surface area (Å²) >= 11 is 0. The minimum atomic E-state index is -0.674. The summed E-state index contributed by atoms with van der Waals surface area (Å²) in [6.45, 7) is 2.85. The van der Waals surface area contributed by atoms with Crippen molar-refractivity contribution in [1.29, 1.82) is 5.41 Å². The number of nitrogens with zero attached hydrogens (tertiary/aromatic N) is 4. The predicted molar refractivity (Wildman–Crippen MR) is 124 cm³/mol. The van der Waals surface area contributed by atoms with Crippen LogP contribution in [-0.4, -0.2) is 67.3 Å². The fourth-order valence-electron chi connectivity index (χ4n) is 3.93. The number of ether oxygens (including phenoxy) is 3. The smallest absolute Gasteiger partial charge is 0.313 e. The van der Waals surface area contributed by atoms with Crippen LogP contribution in [0.25, 0.3) is 0 Å². The van der Waals surface area contributed by atoms with Crippen LogP contribution in [0, 0.1) is 11.2 Å². The Morgan fingerprint density at radius 3 is 2.53 bits per heavy atom. The SMILES string of the molecule is COC1CN(c2ncc(N3CCC(Oc4cccc(COC(=O)CC(=N)N)c4F)CC3)cn2)C1. The number of hydrogen-bond donors (Lipinski definition) is 2. The minimum Gasteiger partial charge on any atom is -0.487 e. The molecule has 3 N–H and O–H groups in total. The molecule has 0 aliphatic carbocycles. The number of halogens is 1. The van der Waals surface area contributed by atoms with Gasteiger partial charge in [0.25, 0.3) is 0 Å². The lowest BCUT2D eigenvalue weighted by atomic mass is 10.1. The molecule has 0 saturated carbocycles. The molecule has 0 spiro atoms. The Bertz CT molecular complexity index is 1010. The van der Waals surface area contributed by atoms with Crippen LogP contribution in [0.5, 0.6) is 5.75 Å². The molecule has 34 heavy (non-hydrogen) atoms. The van der Waals surface area contributed by atoms with Crippen LogP contribution in [0.4, 0.5) is 16.0 Å². The molecule has 2 saturated heterocycles. The van der Waals surface area contributed by atoms with Crippen LogP contribution in [-0.2, 0) is 20.9 Å². The van der Waals surface area contributed by atoms with Gasteiger partial charge in [-0.2, -0.15) is 0 Å². The lowest BCUT2D eigenvalue weighted by Crippen LogP contribution is -2.52. The zero-order valence-electron chi connectivity index (χ0n) is 19.1. The van der Waals surface area contributed by atoms with Gasteiger partial charge in [-0.15, -0.1) is 0 Å². The van der Waals surface area contributed by atoms with E-state index in [0.29, 0.717) is 5.95 Å². The number of amidine groups is 1. The van der Waals surface area contributed by atoms with E-state index in [4.69, 9.17) is 25.4 Å². The average Bonchev–Trinajstić information content (AvgIpc) is 2.79. The molecule has 10 nitrogen and oxygen atoms in total. The molecule has 2 aliphatic heterocycles. The normalized spacial score (nSPS) is 16.8. The third kappa shape index (κ3) is 5.71. The number of benzene rings is 1. The van der Waals surface area contributed by atoms with E-state index in [9.17, 15) is 9.18 Å². The molecule has 2 fully saturated rings. The monoisotopic (exact) mass is 472 g/mol. The van der Waals surface area contributed by atoms with Gasteiger partial charge in [0, 0.05) is 51.7 Å². The van der Waals surface area contributed by atoms with Gasteiger partial charge in [0.15, 0.2) is 11.6 Å². The lowest BCUT2D eigenvalue weighted by Gasteiger charge is -2.38. The van der Waals surface area contributed by atoms with Gasteiger partial charge in [0.2, 0.25) is 5.95 Å². The van der Waals surface area contributed by atoms with E-state index in [1.807, 2.05) is 12.4 Å². The summed E-state index contributed by atoms with van der Waals surface area (Å²) in [5.74, 6) is -0.682. The fraction of sp³-hybridized carbons (Fsp3) is 0.478. The van der Waals surface area contributed by atoms with Crippen molar-refractivity contribution >= 4 is 23.4 Å². The number of rotatable bonds is 9. The van der Waals surface area contributed by atoms with Crippen LogP contribution in [0.1, 0.15) is 24.8 Å². The topological polar surface area (TPSA) is 127 Å². The number of methoxy groups -OCH3 is 1. The standard InChI is InChI=1S/C23H29FN6O4/c1-32-18-12-30(13-18)23-27-10-16(11-28-23)29-7-5-17(6-8-29)34-19-4-2-3-15(22(19)24)14-33-21(31)9-20(25)26/h2-4,10-11,17-18H,5-9,12-14H2,1H3,(H3,25,26). The zero-order valence-corrected chi connectivity index (χ0v) is 19.1. The van der Waals surface area contributed by atoms with Crippen LogP contribution < -0.4 is 20.3 Å². The second-order valence-electron chi connectivity index (χ2n) is 8.40. The van der Waals surface area contributed by atoms with Gasteiger partial charge >= 0.3 is 5.97 Å². The number of anilines is 2. The Balaban J connectivity index is 1.27. The zero-order chi connectivity index (χ0) is 24.1. The molecule has 11 heteroatoms. The van der Waals surface area contributed by atoms with Crippen molar-refractivity contribution in [2.24, 2.45) is 5.73 Å². The second kappa shape index (κ2) is 10.6. The Labute approximate surface area is 197 Å².